The van der Waals surface area contributed by atoms with Gasteiger partial charge in [0.15, 0.2) is 0 Å². The van der Waals surface area contributed by atoms with Crippen molar-refractivity contribution in [3.8, 4) is 0 Å². The molecule has 0 saturated heterocycles. The maximum Gasteiger partial charge on any atom is 0.308 e. The average Bonchev–Trinajstić information content (AvgIpc) is 3.07. The molecule has 154 valence electrons. The quantitative estimate of drug-likeness (QED) is 0.432. The van der Waals surface area contributed by atoms with Crippen molar-refractivity contribution in [1.29, 1.82) is 0 Å². The first-order valence-corrected chi connectivity index (χ1v) is 12.0. The van der Waals surface area contributed by atoms with Gasteiger partial charge in [-0.15, -0.1) is 0 Å². The summed E-state index contributed by atoms with van der Waals surface area (Å²) < 4.78 is 30.3. The van der Waals surface area contributed by atoms with Crippen molar-refractivity contribution in [3.63, 3.8) is 0 Å². The molecule has 4 rings (SSSR count). The van der Waals surface area contributed by atoms with Crippen molar-refractivity contribution >= 4 is 31.6 Å². The second-order valence-corrected chi connectivity index (χ2v) is 9.92. The van der Waals surface area contributed by atoms with E-state index < -0.39 is 10.0 Å². The van der Waals surface area contributed by atoms with Crippen LogP contribution in [-0.4, -0.2) is 23.8 Å². The molecule has 3 aromatic carbocycles. The highest BCUT2D eigenvalue weighted by Gasteiger charge is 2.24. The standard InChI is InChI=1S/C23H22N2O3S2/c1-2-24(16-18-9-5-3-6-10-18)30(27,28)20-13-14-21-22(15-20)29-23(26)25(21)17-19-11-7-4-8-12-19/h3-15H,2,16-17H2,1H3. The van der Waals surface area contributed by atoms with E-state index in [4.69, 9.17) is 0 Å². The van der Waals surface area contributed by atoms with E-state index in [1.807, 2.05) is 67.6 Å². The van der Waals surface area contributed by atoms with Gasteiger partial charge in [0.1, 0.15) is 0 Å². The first kappa shape index (κ1) is 20.5. The fraction of sp³-hybridized carbons (Fsp3) is 0.174. The molecule has 0 radical (unpaired) electrons. The van der Waals surface area contributed by atoms with Crippen LogP contribution in [0.2, 0.25) is 0 Å². The second kappa shape index (κ2) is 8.55. The van der Waals surface area contributed by atoms with E-state index >= 15 is 0 Å². The molecule has 0 atom stereocenters. The zero-order valence-electron chi connectivity index (χ0n) is 16.6. The lowest BCUT2D eigenvalue weighted by atomic mass is 10.2. The predicted molar refractivity (Wildman–Crippen MR) is 121 cm³/mol. The zero-order chi connectivity index (χ0) is 21.1. The minimum atomic E-state index is -3.67. The van der Waals surface area contributed by atoms with E-state index in [-0.39, 0.29) is 9.77 Å². The Hall–Kier alpha value is -2.74. The monoisotopic (exact) mass is 438 g/mol. The van der Waals surface area contributed by atoms with Crippen LogP contribution in [0.15, 0.2) is 88.6 Å². The third kappa shape index (κ3) is 4.09. The molecule has 1 aromatic heterocycles. The lowest BCUT2D eigenvalue weighted by Gasteiger charge is -2.20. The van der Waals surface area contributed by atoms with Gasteiger partial charge in [0, 0.05) is 13.1 Å². The third-order valence-electron chi connectivity index (χ3n) is 5.02. The average molecular weight is 439 g/mol. The number of fused-ring (bicyclic) bond motifs is 1. The van der Waals surface area contributed by atoms with Crippen molar-refractivity contribution in [3.05, 3.63) is 99.7 Å². The van der Waals surface area contributed by atoms with Crippen LogP contribution in [0.4, 0.5) is 0 Å². The number of nitrogens with zero attached hydrogens (tertiary/aromatic N) is 2. The molecular weight excluding hydrogens is 416 g/mol. The Labute approximate surface area is 179 Å². The molecule has 0 aliphatic rings. The number of thiazole rings is 1. The van der Waals surface area contributed by atoms with Gasteiger partial charge < -0.3 is 0 Å². The van der Waals surface area contributed by atoms with E-state index in [2.05, 4.69) is 0 Å². The van der Waals surface area contributed by atoms with Crippen LogP contribution in [0.1, 0.15) is 18.1 Å². The van der Waals surface area contributed by atoms with Gasteiger partial charge in [0.25, 0.3) is 0 Å². The molecule has 30 heavy (non-hydrogen) atoms. The molecule has 0 aliphatic carbocycles. The molecule has 0 saturated carbocycles. The molecule has 0 amide bonds. The number of hydrogen-bond donors (Lipinski definition) is 0. The summed E-state index contributed by atoms with van der Waals surface area (Å²) in [4.78, 5) is 12.7. The number of rotatable bonds is 7. The van der Waals surface area contributed by atoms with Gasteiger partial charge in [0.2, 0.25) is 10.0 Å². The van der Waals surface area contributed by atoms with Crippen LogP contribution in [0.25, 0.3) is 10.2 Å². The highest BCUT2D eigenvalue weighted by atomic mass is 32.2. The van der Waals surface area contributed by atoms with Crippen LogP contribution in [0.3, 0.4) is 0 Å². The topological polar surface area (TPSA) is 59.4 Å². The molecule has 4 aromatic rings. The fourth-order valence-electron chi connectivity index (χ4n) is 3.43. The predicted octanol–water partition coefficient (Wildman–Crippen LogP) is 4.32. The molecule has 0 unspecified atom stereocenters. The van der Waals surface area contributed by atoms with Crippen LogP contribution in [-0.2, 0) is 23.1 Å². The summed E-state index contributed by atoms with van der Waals surface area (Å²) in [7, 11) is -3.67. The van der Waals surface area contributed by atoms with Gasteiger partial charge in [-0.25, -0.2) is 8.42 Å². The SMILES string of the molecule is CCN(Cc1ccccc1)S(=O)(=O)c1ccc2c(c1)sc(=O)n2Cc1ccccc1. The number of sulfonamides is 1. The van der Waals surface area contributed by atoms with Gasteiger partial charge in [0.05, 0.1) is 21.7 Å². The summed E-state index contributed by atoms with van der Waals surface area (Å²) in [5.74, 6) is 0. The molecule has 0 fully saturated rings. The normalized spacial score (nSPS) is 11.9. The molecule has 7 heteroatoms. The van der Waals surface area contributed by atoms with Gasteiger partial charge in [-0.1, -0.05) is 78.9 Å². The molecule has 0 spiro atoms. The van der Waals surface area contributed by atoms with E-state index in [0.717, 1.165) is 28.0 Å². The number of benzene rings is 3. The fourth-order valence-corrected chi connectivity index (χ4v) is 5.89. The molecule has 5 nitrogen and oxygen atoms in total. The van der Waals surface area contributed by atoms with Gasteiger partial charge >= 0.3 is 4.87 Å². The van der Waals surface area contributed by atoms with Crippen molar-refractivity contribution in [1.82, 2.24) is 8.87 Å². The first-order chi connectivity index (χ1) is 14.5. The molecule has 0 N–H and O–H groups in total. The van der Waals surface area contributed by atoms with E-state index in [0.29, 0.717) is 24.3 Å². The zero-order valence-corrected chi connectivity index (χ0v) is 18.2. The lowest BCUT2D eigenvalue weighted by molar-refractivity contribution is 0.423. The van der Waals surface area contributed by atoms with Gasteiger partial charge in [-0.05, 0) is 29.3 Å². The number of aromatic nitrogens is 1. The Balaban J connectivity index is 1.68. The van der Waals surface area contributed by atoms with Crippen molar-refractivity contribution in [2.45, 2.75) is 24.9 Å². The van der Waals surface area contributed by atoms with Crippen molar-refractivity contribution in [2.24, 2.45) is 0 Å². The minimum Gasteiger partial charge on any atom is -0.294 e. The summed E-state index contributed by atoms with van der Waals surface area (Å²) in [5, 5.41) is 0. The van der Waals surface area contributed by atoms with Crippen LogP contribution in [0.5, 0.6) is 0 Å². The molecule has 1 heterocycles. The molecular formula is C23H22N2O3S2. The maximum absolute atomic E-state index is 13.2. The largest absolute Gasteiger partial charge is 0.308 e. The Morgan fingerprint density at radius 2 is 1.53 bits per heavy atom. The Bertz CT molecular complexity index is 1310. The minimum absolute atomic E-state index is 0.0972. The van der Waals surface area contributed by atoms with Crippen molar-refractivity contribution < 1.29 is 8.42 Å². The van der Waals surface area contributed by atoms with E-state index in [1.54, 1.807) is 22.8 Å². The summed E-state index contributed by atoms with van der Waals surface area (Å²) in [6, 6.07) is 24.2. The van der Waals surface area contributed by atoms with E-state index in [1.165, 1.54) is 4.31 Å². The molecule has 0 bridgehead atoms. The van der Waals surface area contributed by atoms with Crippen LogP contribution < -0.4 is 4.87 Å². The van der Waals surface area contributed by atoms with Crippen LogP contribution in [0, 0.1) is 0 Å². The lowest BCUT2D eigenvalue weighted by Crippen LogP contribution is -2.30. The summed E-state index contributed by atoms with van der Waals surface area (Å²) in [6.07, 6.45) is 0. The summed E-state index contributed by atoms with van der Waals surface area (Å²) in [5.41, 5.74) is 2.71. The van der Waals surface area contributed by atoms with E-state index in [9.17, 15) is 13.2 Å². The summed E-state index contributed by atoms with van der Waals surface area (Å²) in [6.45, 7) is 2.96. The van der Waals surface area contributed by atoms with Crippen molar-refractivity contribution in [2.75, 3.05) is 6.54 Å². The molecule has 0 aliphatic heterocycles. The van der Waals surface area contributed by atoms with Crippen LogP contribution >= 0.6 is 11.3 Å². The number of hydrogen-bond acceptors (Lipinski definition) is 4. The van der Waals surface area contributed by atoms with Gasteiger partial charge in [-0.2, -0.15) is 4.31 Å². The first-order valence-electron chi connectivity index (χ1n) is 9.70. The Morgan fingerprint density at radius 1 is 0.900 bits per heavy atom. The summed E-state index contributed by atoms with van der Waals surface area (Å²) >= 11 is 1.08. The van der Waals surface area contributed by atoms with Gasteiger partial charge in [-0.3, -0.25) is 9.36 Å². The highest BCUT2D eigenvalue weighted by molar-refractivity contribution is 7.89. The Morgan fingerprint density at radius 3 is 2.17 bits per heavy atom. The second-order valence-electron chi connectivity index (χ2n) is 6.99. The Kier molecular flexibility index (Phi) is 5.85. The third-order valence-corrected chi connectivity index (χ3v) is 7.87. The highest BCUT2D eigenvalue weighted by Crippen LogP contribution is 2.25. The maximum atomic E-state index is 13.2. The smallest absolute Gasteiger partial charge is 0.294 e.